The van der Waals surface area contributed by atoms with Gasteiger partial charge < -0.3 is 19.5 Å². The number of nitrogens with one attached hydrogen (secondary N) is 1. The summed E-state index contributed by atoms with van der Waals surface area (Å²) in [6.07, 6.45) is 2.68. The van der Waals surface area contributed by atoms with Gasteiger partial charge in [-0.05, 0) is 30.7 Å². The highest BCUT2D eigenvalue weighted by molar-refractivity contribution is 5.92. The van der Waals surface area contributed by atoms with E-state index in [0.29, 0.717) is 22.4 Å². The number of non-ortho nitro benzene ring substituents is 1. The van der Waals surface area contributed by atoms with E-state index in [4.69, 9.17) is 14.2 Å². The Morgan fingerprint density at radius 3 is 2.86 bits per heavy atom. The fraction of sp³-hybridized carbons (Fsp3) is 0.250. The van der Waals surface area contributed by atoms with E-state index >= 15 is 0 Å². The van der Waals surface area contributed by atoms with Crippen molar-refractivity contribution in [2.24, 2.45) is 0 Å². The Labute approximate surface area is 166 Å². The van der Waals surface area contributed by atoms with Crippen LogP contribution >= 0.6 is 0 Å². The first-order valence-electron chi connectivity index (χ1n) is 8.73. The minimum Gasteiger partial charge on any atom is -0.494 e. The van der Waals surface area contributed by atoms with Gasteiger partial charge in [0.2, 0.25) is 5.91 Å². The Morgan fingerprint density at radius 2 is 2.17 bits per heavy atom. The van der Waals surface area contributed by atoms with E-state index in [2.05, 4.69) is 5.32 Å². The smallest absolute Gasteiger partial charge is 0.270 e. The molecule has 0 aromatic heterocycles. The van der Waals surface area contributed by atoms with Crippen LogP contribution in [0.5, 0.6) is 11.5 Å². The standard InChI is InChI=1S/C20H19FN2O6/c1-12(13-3-5-18(27-2)17(21)9-13)22-19(24)6-4-14-7-16(23(25)26)8-15-10-28-11-29-20(14)15/h3-9,12H,10-11H2,1-2H3,(H,22,24)/b6-4+/t12-/m1/s1. The third-order valence-corrected chi connectivity index (χ3v) is 4.38. The molecule has 3 rings (SSSR count). The van der Waals surface area contributed by atoms with Gasteiger partial charge in [-0.3, -0.25) is 14.9 Å². The number of benzene rings is 2. The number of nitro benzene ring substituents is 1. The van der Waals surface area contributed by atoms with Crippen LogP contribution in [-0.4, -0.2) is 24.7 Å². The molecule has 0 aliphatic carbocycles. The summed E-state index contributed by atoms with van der Waals surface area (Å²) in [7, 11) is 1.37. The summed E-state index contributed by atoms with van der Waals surface area (Å²) in [6, 6.07) is 6.68. The summed E-state index contributed by atoms with van der Waals surface area (Å²) in [5.41, 5.74) is 1.38. The van der Waals surface area contributed by atoms with Crippen LogP contribution in [0.15, 0.2) is 36.4 Å². The molecule has 0 radical (unpaired) electrons. The molecule has 0 spiro atoms. The quantitative estimate of drug-likeness (QED) is 0.451. The Morgan fingerprint density at radius 1 is 1.38 bits per heavy atom. The van der Waals surface area contributed by atoms with Gasteiger partial charge in [0.1, 0.15) is 5.75 Å². The molecule has 0 saturated heterocycles. The van der Waals surface area contributed by atoms with Crippen LogP contribution in [0.25, 0.3) is 6.08 Å². The minimum absolute atomic E-state index is 0.0257. The minimum atomic E-state index is -0.524. The summed E-state index contributed by atoms with van der Waals surface area (Å²) in [5.74, 6) is -0.409. The van der Waals surface area contributed by atoms with E-state index in [1.807, 2.05) is 0 Å². The molecule has 1 heterocycles. The number of halogens is 1. The first-order chi connectivity index (χ1) is 13.9. The molecule has 0 unspecified atom stereocenters. The van der Waals surface area contributed by atoms with Gasteiger partial charge in [-0.25, -0.2) is 4.39 Å². The predicted octanol–water partition coefficient (Wildman–Crippen LogP) is 3.50. The van der Waals surface area contributed by atoms with Gasteiger partial charge in [0.15, 0.2) is 18.4 Å². The third kappa shape index (κ3) is 4.69. The van der Waals surface area contributed by atoms with E-state index in [9.17, 15) is 19.3 Å². The average molecular weight is 402 g/mol. The van der Waals surface area contributed by atoms with Gasteiger partial charge in [0, 0.05) is 29.3 Å². The zero-order chi connectivity index (χ0) is 21.0. The molecule has 1 aliphatic rings. The van der Waals surface area contributed by atoms with Gasteiger partial charge in [-0.15, -0.1) is 0 Å². The van der Waals surface area contributed by atoms with Gasteiger partial charge in [0.25, 0.3) is 5.69 Å². The second-order valence-electron chi connectivity index (χ2n) is 6.35. The number of ether oxygens (including phenoxy) is 3. The maximum atomic E-state index is 13.9. The lowest BCUT2D eigenvalue weighted by atomic mass is 10.1. The molecule has 152 valence electrons. The lowest BCUT2D eigenvalue weighted by Gasteiger charge is -2.19. The highest BCUT2D eigenvalue weighted by atomic mass is 19.1. The summed E-state index contributed by atoms with van der Waals surface area (Å²) in [5, 5.41) is 13.8. The van der Waals surface area contributed by atoms with E-state index in [0.717, 1.165) is 0 Å². The largest absolute Gasteiger partial charge is 0.494 e. The molecule has 1 amide bonds. The number of hydrogen-bond acceptors (Lipinski definition) is 6. The third-order valence-electron chi connectivity index (χ3n) is 4.38. The molecular formula is C20H19FN2O6. The van der Waals surface area contributed by atoms with Crippen molar-refractivity contribution in [1.29, 1.82) is 0 Å². The molecule has 0 fully saturated rings. The number of methoxy groups -OCH3 is 1. The van der Waals surface area contributed by atoms with Crippen LogP contribution in [-0.2, 0) is 16.1 Å². The van der Waals surface area contributed by atoms with Crippen molar-refractivity contribution in [1.82, 2.24) is 5.32 Å². The predicted molar refractivity (Wildman–Crippen MR) is 102 cm³/mol. The van der Waals surface area contributed by atoms with E-state index < -0.39 is 22.7 Å². The molecule has 29 heavy (non-hydrogen) atoms. The summed E-state index contributed by atoms with van der Waals surface area (Å²) < 4.78 is 29.3. The van der Waals surface area contributed by atoms with Crippen LogP contribution < -0.4 is 14.8 Å². The fourth-order valence-corrected chi connectivity index (χ4v) is 2.92. The molecule has 8 nitrogen and oxygen atoms in total. The maximum absolute atomic E-state index is 13.9. The number of fused-ring (bicyclic) bond motifs is 1. The van der Waals surface area contributed by atoms with E-state index in [-0.39, 0.29) is 24.8 Å². The van der Waals surface area contributed by atoms with Crippen LogP contribution in [0.1, 0.15) is 29.7 Å². The fourth-order valence-electron chi connectivity index (χ4n) is 2.92. The van der Waals surface area contributed by atoms with Crippen molar-refractivity contribution < 1.29 is 28.3 Å². The first kappa shape index (κ1) is 20.3. The SMILES string of the molecule is COc1ccc([C@@H](C)NC(=O)/C=C/c2cc([N+](=O)[O-])cc3c2OCOC3)cc1F. The van der Waals surface area contributed by atoms with Crippen molar-refractivity contribution in [2.45, 2.75) is 19.6 Å². The number of carbonyl (C=O) groups excluding carboxylic acids is 1. The topological polar surface area (TPSA) is 99.9 Å². The van der Waals surface area contributed by atoms with Crippen LogP contribution in [0, 0.1) is 15.9 Å². The summed E-state index contributed by atoms with van der Waals surface area (Å²) in [4.78, 5) is 22.9. The van der Waals surface area contributed by atoms with Crippen molar-refractivity contribution in [2.75, 3.05) is 13.9 Å². The van der Waals surface area contributed by atoms with Crippen molar-refractivity contribution >= 4 is 17.7 Å². The lowest BCUT2D eigenvalue weighted by Crippen LogP contribution is -2.24. The molecule has 0 saturated carbocycles. The molecule has 2 aromatic carbocycles. The van der Waals surface area contributed by atoms with Gasteiger partial charge in [-0.1, -0.05) is 6.07 Å². The Hall–Kier alpha value is -3.46. The van der Waals surface area contributed by atoms with Gasteiger partial charge in [-0.2, -0.15) is 0 Å². The van der Waals surface area contributed by atoms with Gasteiger partial charge >= 0.3 is 0 Å². The molecule has 1 aliphatic heterocycles. The average Bonchev–Trinajstić information content (AvgIpc) is 2.71. The number of carbonyl (C=O) groups is 1. The number of nitro groups is 1. The molecule has 1 atom stereocenters. The summed E-state index contributed by atoms with van der Waals surface area (Å²) in [6.45, 7) is 1.92. The van der Waals surface area contributed by atoms with Crippen LogP contribution in [0.2, 0.25) is 0 Å². The van der Waals surface area contributed by atoms with Gasteiger partial charge in [0.05, 0.1) is 24.7 Å². The Bertz CT molecular complexity index is 976. The van der Waals surface area contributed by atoms with Crippen LogP contribution in [0.3, 0.4) is 0 Å². The van der Waals surface area contributed by atoms with Crippen molar-refractivity contribution in [3.63, 3.8) is 0 Å². The zero-order valence-electron chi connectivity index (χ0n) is 15.8. The Kier molecular flexibility index (Phi) is 6.08. The lowest BCUT2D eigenvalue weighted by molar-refractivity contribution is -0.385. The normalized spacial score (nSPS) is 14.0. The number of nitrogens with zero attached hydrogens (tertiary/aromatic N) is 1. The number of rotatable bonds is 6. The maximum Gasteiger partial charge on any atom is 0.270 e. The van der Waals surface area contributed by atoms with Crippen molar-refractivity contribution in [3.05, 3.63) is 69.0 Å². The molecular weight excluding hydrogens is 383 g/mol. The van der Waals surface area contributed by atoms with Crippen molar-refractivity contribution in [3.8, 4) is 11.5 Å². The monoisotopic (exact) mass is 402 g/mol. The number of hydrogen-bond donors (Lipinski definition) is 1. The zero-order valence-corrected chi connectivity index (χ0v) is 15.8. The van der Waals surface area contributed by atoms with E-state index in [1.54, 1.807) is 13.0 Å². The molecule has 9 heteroatoms. The first-order valence-corrected chi connectivity index (χ1v) is 8.73. The molecule has 2 aromatic rings. The van der Waals surface area contributed by atoms with E-state index in [1.165, 1.54) is 43.5 Å². The number of amides is 1. The summed E-state index contributed by atoms with van der Waals surface area (Å²) >= 11 is 0. The second kappa shape index (κ2) is 8.70. The molecule has 0 bridgehead atoms. The second-order valence-corrected chi connectivity index (χ2v) is 6.35. The molecule has 1 N–H and O–H groups in total. The highest BCUT2D eigenvalue weighted by Gasteiger charge is 2.20. The Balaban J connectivity index is 1.76. The van der Waals surface area contributed by atoms with Crippen LogP contribution in [0.4, 0.5) is 10.1 Å². The highest BCUT2D eigenvalue weighted by Crippen LogP contribution is 2.33.